The number of likely N-dealkylation sites (tertiary alicyclic amines) is 1. The Morgan fingerprint density at radius 3 is 2.45 bits per heavy atom. The molecule has 170 valence electrons. The van der Waals surface area contributed by atoms with Crippen molar-refractivity contribution in [3.05, 3.63) is 66.0 Å². The molecule has 0 aliphatic carbocycles. The fraction of sp³-hybridized carbons (Fsp3) is 0.520. The first-order valence-electron chi connectivity index (χ1n) is 11.4. The second-order valence-electron chi connectivity index (χ2n) is 8.18. The van der Waals surface area contributed by atoms with Crippen molar-refractivity contribution in [3.8, 4) is 0 Å². The molecule has 1 aliphatic rings. The van der Waals surface area contributed by atoms with Gasteiger partial charge < -0.3 is 15.5 Å². The van der Waals surface area contributed by atoms with Crippen LogP contribution in [-0.2, 0) is 12.8 Å². The Morgan fingerprint density at radius 2 is 1.74 bits per heavy atom. The Balaban J connectivity index is 0.00000341. The summed E-state index contributed by atoms with van der Waals surface area (Å²) in [5.41, 5.74) is 2.59. The van der Waals surface area contributed by atoms with Crippen LogP contribution in [0.25, 0.3) is 0 Å². The van der Waals surface area contributed by atoms with Crippen LogP contribution in [0.4, 0.5) is 0 Å². The van der Waals surface area contributed by atoms with Crippen molar-refractivity contribution >= 4 is 29.9 Å². The number of benzene rings is 1. The SMILES string of the molecule is CN=C(NCCCCN1CCC(Cc2ccccc2)CC1)NCCc1ccccn1.I. The third-order valence-corrected chi connectivity index (χ3v) is 5.89. The minimum Gasteiger partial charge on any atom is -0.356 e. The van der Waals surface area contributed by atoms with E-state index in [9.17, 15) is 0 Å². The van der Waals surface area contributed by atoms with E-state index in [0.717, 1.165) is 37.1 Å². The lowest BCUT2D eigenvalue weighted by Gasteiger charge is -2.32. The van der Waals surface area contributed by atoms with Gasteiger partial charge in [-0.05, 0) is 75.4 Å². The number of hydrogen-bond acceptors (Lipinski definition) is 3. The maximum atomic E-state index is 4.35. The van der Waals surface area contributed by atoms with Gasteiger partial charge in [0.1, 0.15) is 0 Å². The topological polar surface area (TPSA) is 52.6 Å². The number of aromatic nitrogens is 1. The van der Waals surface area contributed by atoms with Crippen LogP contribution < -0.4 is 10.6 Å². The molecule has 0 spiro atoms. The van der Waals surface area contributed by atoms with Gasteiger partial charge in [0, 0.05) is 38.4 Å². The van der Waals surface area contributed by atoms with Gasteiger partial charge in [0.25, 0.3) is 0 Å². The largest absolute Gasteiger partial charge is 0.356 e. The highest BCUT2D eigenvalue weighted by molar-refractivity contribution is 14.0. The maximum Gasteiger partial charge on any atom is 0.190 e. The Bertz CT molecular complexity index is 730. The van der Waals surface area contributed by atoms with Crippen LogP contribution in [0, 0.1) is 5.92 Å². The first-order chi connectivity index (χ1) is 14.8. The highest BCUT2D eigenvalue weighted by atomic mass is 127. The fourth-order valence-electron chi connectivity index (χ4n) is 4.10. The van der Waals surface area contributed by atoms with Crippen molar-refractivity contribution in [2.45, 2.75) is 38.5 Å². The Morgan fingerprint density at radius 1 is 1.00 bits per heavy atom. The van der Waals surface area contributed by atoms with Crippen molar-refractivity contribution < 1.29 is 0 Å². The molecule has 1 aromatic heterocycles. The van der Waals surface area contributed by atoms with Crippen molar-refractivity contribution in [2.24, 2.45) is 10.9 Å². The third kappa shape index (κ3) is 9.99. The van der Waals surface area contributed by atoms with E-state index in [-0.39, 0.29) is 24.0 Å². The molecule has 0 bridgehead atoms. The van der Waals surface area contributed by atoms with Gasteiger partial charge in [0.2, 0.25) is 0 Å². The molecule has 5 nitrogen and oxygen atoms in total. The first-order valence-corrected chi connectivity index (χ1v) is 11.4. The van der Waals surface area contributed by atoms with Crippen LogP contribution >= 0.6 is 24.0 Å². The molecule has 1 aromatic carbocycles. The summed E-state index contributed by atoms with van der Waals surface area (Å²) in [5.74, 6) is 1.73. The lowest BCUT2D eigenvalue weighted by molar-refractivity contribution is 0.181. The van der Waals surface area contributed by atoms with E-state index in [1.807, 2.05) is 25.4 Å². The number of unbranched alkanes of at least 4 members (excludes halogenated alkanes) is 1. The van der Waals surface area contributed by atoms with Gasteiger partial charge in [-0.3, -0.25) is 9.98 Å². The molecule has 6 heteroatoms. The lowest BCUT2D eigenvalue weighted by atomic mass is 9.90. The number of halogens is 1. The zero-order valence-corrected chi connectivity index (χ0v) is 21.1. The summed E-state index contributed by atoms with van der Waals surface area (Å²) in [6.07, 6.45) is 9.06. The van der Waals surface area contributed by atoms with Crippen LogP contribution in [0.5, 0.6) is 0 Å². The Kier molecular flexibility index (Phi) is 12.5. The number of piperidine rings is 1. The highest BCUT2D eigenvalue weighted by Gasteiger charge is 2.18. The summed E-state index contributed by atoms with van der Waals surface area (Å²) in [5, 5.41) is 6.80. The fourth-order valence-corrected chi connectivity index (χ4v) is 4.10. The smallest absolute Gasteiger partial charge is 0.190 e. The molecule has 0 amide bonds. The summed E-state index contributed by atoms with van der Waals surface area (Å²) in [6.45, 7) is 5.52. The molecule has 0 unspecified atom stereocenters. The molecule has 0 saturated carbocycles. The zero-order valence-electron chi connectivity index (χ0n) is 18.8. The quantitative estimate of drug-likeness (QED) is 0.208. The number of pyridine rings is 1. The van der Waals surface area contributed by atoms with Crippen molar-refractivity contribution in [1.29, 1.82) is 0 Å². The molecule has 0 atom stereocenters. The first kappa shape index (κ1) is 25.6. The number of aliphatic imine (C=N–C) groups is 1. The minimum absolute atomic E-state index is 0. The van der Waals surface area contributed by atoms with Gasteiger partial charge in [-0.1, -0.05) is 36.4 Å². The lowest BCUT2D eigenvalue weighted by Crippen LogP contribution is -2.39. The Hall–Kier alpha value is -1.67. The van der Waals surface area contributed by atoms with Crippen LogP contribution in [0.1, 0.15) is 36.9 Å². The number of guanidine groups is 1. The number of hydrogen-bond donors (Lipinski definition) is 2. The predicted molar refractivity (Wildman–Crippen MR) is 141 cm³/mol. The van der Waals surface area contributed by atoms with E-state index in [4.69, 9.17) is 0 Å². The molecule has 2 N–H and O–H groups in total. The summed E-state index contributed by atoms with van der Waals surface area (Å²) < 4.78 is 0. The monoisotopic (exact) mass is 535 g/mol. The highest BCUT2D eigenvalue weighted by Crippen LogP contribution is 2.21. The molecule has 2 heterocycles. The standard InChI is InChI=1S/C25H37N5.HI/c1-26-25(29-17-12-24-11-5-6-15-27-24)28-16-7-8-18-30-19-13-23(14-20-30)21-22-9-3-2-4-10-22;/h2-6,9-11,15,23H,7-8,12-14,16-21H2,1H3,(H2,26,28,29);1H. The zero-order chi connectivity index (χ0) is 20.9. The molecule has 2 aromatic rings. The van der Waals surface area contributed by atoms with Gasteiger partial charge in [0.15, 0.2) is 5.96 Å². The molecular weight excluding hydrogens is 497 g/mol. The molecule has 1 fully saturated rings. The summed E-state index contributed by atoms with van der Waals surface area (Å²) >= 11 is 0. The van der Waals surface area contributed by atoms with Gasteiger partial charge in [-0.25, -0.2) is 0 Å². The van der Waals surface area contributed by atoms with Crippen LogP contribution in [0.2, 0.25) is 0 Å². The van der Waals surface area contributed by atoms with Crippen LogP contribution in [-0.4, -0.2) is 55.6 Å². The van der Waals surface area contributed by atoms with Gasteiger partial charge in [0.05, 0.1) is 0 Å². The van der Waals surface area contributed by atoms with Gasteiger partial charge in [-0.15, -0.1) is 24.0 Å². The molecule has 1 saturated heterocycles. The van der Waals surface area contributed by atoms with E-state index in [2.05, 4.69) is 61.9 Å². The average Bonchev–Trinajstić information content (AvgIpc) is 2.80. The molecule has 1 aliphatic heterocycles. The number of nitrogens with zero attached hydrogens (tertiary/aromatic N) is 3. The van der Waals surface area contributed by atoms with Crippen LogP contribution in [0.3, 0.4) is 0 Å². The number of rotatable bonds is 10. The van der Waals surface area contributed by atoms with E-state index in [1.165, 1.54) is 57.3 Å². The molecule has 0 radical (unpaired) electrons. The molecular formula is C25H38IN5. The third-order valence-electron chi connectivity index (χ3n) is 5.89. The second-order valence-corrected chi connectivity index (χ2v) is 8.18. The van der Waals surface area contributed by atoms with Crippen molar-refractivity contribution in [1.82, 2.24) is 20.5 Å². The van der Waals surface area contributed by atoms with E-state index in [1.54, 1.807) is 0 Å². The Labute approximate surface area is 205 Å². The van der Waals surface area contributed by atoms with Gasteiger partial charge in [-0.2, -0.15) is 0 Å². The van der Waals surface area contributed by atoms with Crippen molar-refractivity contribution in [3.63, 3.8) is 0 Å². The predicted octanol–water partition coefficient (Wildman–Crippen LogP) is 4.14. The van der Waals surface area contributed by atoms with Gasteiger partial charge >= 0.3 is 0 Å². The van der Waals surface area contributed by atoms with E-state index >= 15 is 0 Å². The minimum atomic E-state index is 0. The van der Waals surface area contributed by atoms with Crippen molar-refractivity contribution in [2.75, 3.05) is 39.8 Å². The summed E-state index contributed by atoms with van der Waals surface area (Å²) in [4.78, 5) is 11.3. The van der Waals surface area contributed by atoms with Crippen LogP contribution in [0.15, 0.2) is 59.7 Å². The molecule has 3 rings (SSSR count). The second kappa shape index (κ2) is 15.2. The average molecular weight is 536 g/mol. The normalized spacial score (nSPS) is 15.3. The summed E-state index contributed by atoms with van der Waals surface area (Å²) in [7, 11) is 1.83. The maximum absolute atomic E-state index is 4.35. The van der Waals surface area contributed by atoms with E-state index in [0.29, 0.717) is 0 Å². The molecule has 31 heavy (non-hydrogen) atoms. The van der Waals surface area contributed by atoms with E-state index < -0.39 is 0 Å². The number of nitrogens with one attached hydrogen (secondary N) is 2. The summed E-state index contributed by atoms with van der Waals surface area (Å²) in [6, 6.07) is 17.0.